The van der Waals surface area contributed by atoms with Gasteiger partial charge in [-0.1, -0.05) is 12.1 Å². The minimum absolute atomic E-state index is 0.142. The highest BCUT2D eigenvalue weighted by molar-refractivity contribution is 5.90. The Hall–Kier alpha value is -3.02. The van der Waals surface area contributed by atoms with E-state index in [-0.39, 0.29) is 18.9 Å². The summed E-state index contributed by atoms with van der Waals surface area (Å²) in [5.74, 6) is 0.621. The van der Waals surface area contributed by atoms with Crippen molar-refractivity contribution in [2.75, 3.05) is 18.5 Å². The molecule has 6 heteroatoms. The van der Waals surface area contributed by atoms with Crippen LogP contribution < -0.4 is 20.5 Å². The van der Waals surface area contributed by atoms with E-state index in [1.807, 2.05) is 32.0 Å². The van der Waals surface area contributed by atoms with Gasteiger partial charge in [-0.25, -0.2) is 0 Å². The van der Waals surface area contributed by atoms with Gasteiger partial charge in [0.2, 0.25) is 5.91 Å². The normalized spacial score (nSPS) is 10.2. The SMILES string of the molecule is Cc1ccc(C)c(OCCC(=O)Nc2ccc(OCC(N)=O)cc2)c1. The van der Waals surface area contributed by atoms with Gasteiger partial charge < -0.3 is 20.5 Å². The Morgan fingerprint density at radius 1 is 1.04 bits per heavy atom. The van der Waals surface area contributed by atoms with Crippen LogP contribution in [0.2, 0.25) is 0 Å². The average molecular weight is 342 g/mol. The van der Waals surface area contributed by atoms with Crippen LogP contribution in [0, 0.1) is 13.8 Å². The standard InChI is InChI=1S/C19H22N2O4/c1-13-3-4-14(2)17(11-13)24-10-9-19(23)21-15-5-7-16(8-6-15)25-12-18(20)22/h3-8,11H,9-10,12H2,1-2H3,(H2,20,22)(H,21,23). The van der Waals surface area contributed by atoms with Crippen LogP contribution in [-0.2, 0) is 9.59 Å². The molecule has 0 spiro atoms. The number of primary amides is 1. The summed E-state index contributed by atoms with van der Waals surface area (Å²) in [7, 11) is 0. The predicted molar refractivity (Wildman–Crippen MR) is 95.8 cm³/mol. The minimum atomic E-state index is -0.541. The Kier molecular flexibility index (Phi) is 6.39. The summed E-state index contributed by atoms with van der Waals surface area (Å²) >= 11 is 0. The third kappa shape index (κ3) is 6.18. The second-order valence-electron chi connectivity index (χ2n) is 5.69. The molecule has 2 aromatic carbocycles. The first kappa shape index (κ1) is 18.3. The summed E-state index contributed by atoms with van der Waals surface area (Å²) in [6.07, 6.45) is 0.243. The van der Waals surface area contributed by atoms with Gasteiger partial charge in [0.1, 0.15) is 11.5 Å². The molecule has 0 aliphatic heterocycles. The molecule has 0 bridgehead atoms. The number of hydrogen-bond acceptors (Lipinski definition) is 4. The molecule has 0 saturated carbocycles. The number of ether oxygens (including phenoxy) is 2. The third-order valence-corrected chi connectivity index (χ3v) is 3.45. The number of nitrogens with one attached hydrogen (secondary N) is 1. The van der Waals surface area contributed by atoms with E-state index >= 15 is 0 Å². The molecule has 0 atom stereocenters. The first-order valence-corrected chi connectivity index (χ1v) is 7.95. The third-order valence-electron chi connectivity index (χ3n) is 3.45. The van der Waals surface area contributed by atoms with Crippen LogP contribution in [-0.4, -0.2) is 25.0 Å². The van der Waals surface area contributed by atoms with Crippen molar-refractivity contribution < 1.29 is 19.1 Å². The molecule has 3 N–H and O–H groups in total. The van der Waals surface area contributed by atoms with E-state index in [9.17, 15) is 9.59 Å². The fourth-order valence-electron chi connectivity index (χ4n) is 2.13. The molecule has 25 heavy (non-hydrogen) atoms. The van der Waals surface area contributed by atoms with Crippen LogP contribution in [0.3, 0.4) is 0 Å². The molecule has 0 heterocycles. The zero-order valence-corrected chi connectivity index (χ0v) is 14.4. The van der Waals surface area contributed by atoms with E-state index < -0.39 is 5.91 Å². The number of carbonyl (C=O) groups is 2. The van der Waals surface area contributed by atoms with Gasteiger partial charge in [-0.2, -0.15) is 0 Å². The largest absolute Gasteiger partial charge is 0.493 e. The fourth-order valence-corrected chi connectivity index (χ4v) is 2.13. The first-order valence-electron chi connectivity index (χ1n) is 7.95. The summed E-state index contributed by atoms with van der Waals surface area (Å²) in [6.45, 7) is 4.09. The van der Waals surface area contributed by atoms with Crippen molar-refractivity contribution in [1.29, 1.82) is 0 Å². The lowest BCUT2D eigenvalue weighted by molar-refractivity contribution is -0.120. The van der Waals surface area contributed by atoms with Crippen molar-refractivity contribution in [3.05, 3.63) is 53.6 Å². The van der Waals surface area contributed by atoms with Gasteiger partial charge in [-0.3, -0.25) is 9.59 Å². The van der Waals surface area contributed by atoms with E-state index in [2.05, 4.69) is 5.32 Å². The highest BCUT2D eigenvalue weighted by Crippen LogP contribution is 2.19. The highest BCUT2D eigenvalue weighted by atomic mass is 16.5. The summed E-state index contributed by atoms with van der Waals surface area (Å²) in [5, 5.41) is 2.78. The zero-order chi connectivity index (χ0) is 18.2. The maximum atomic E-state index is 12.0. The topological polar surface area (TPSA) is 90.7 Å². The van der Waals surface area contributed by atoms with Gasteiger partial charge in [0.25, 0.3) is 5.91 Å². The second-order valence-corrected chi connectivity index (χ2v) is 5.69. The monoisotopic (exact) mass is 342 g/mol. The summed E-state index contributed by atoms with van der Waals surface area (Å²) in [5.41, 5.74) is 7.81. The minimum Gasteiger partial charge on any atom is -0.493 e. The number of amides is 2. The van der Waals surface area contributed by atoms with Crippen molar-refractivity contribution in [3.63, 3.8) is 0 Å². The molecule has 0 aromatic heterocycles. The van der Waals surface area contributed by atoms with Crippen LogP contribution in [0.15, 0.2) is 42.5 Å². The Labute approximate surface area is 146 Å². The van der Waals surface area contributed by atoms with Crippen molar-refractivity contribution in [2.45, 2.75) is 20.3 Å². The van der Waals surface area contributed by atoms with Crippen molar-refractivity contribution in [1.82, 2.24) is 0 Å². The Morgan fingerprint density at radius 2 is 1.76 bits per heavy atom. The van der Waals surface area contributed by atoms with Crippen molar-refractivity contribution >= 4 is 17.5 Å². The Bertz CT molecular complexity index is 742. The van der Waals surface area contributed by atoms with Crippen LogP contribution in [0.1, 0.15) is 17.5 Å². The van der Waals surface area contributed by atoms with Gasteiger partial charge in [-0.15, -0.1) is 0 Å². The number of carbonyl (C=O) groups excluding carboxylic acids is 2. The van der Waals surface area contributed by atoms with Crippen LogP contribution >= 0.6 is 0 Å². The Morgan fingerprint density at radius 3 is 2.44 bits per heavy atom. The lowest BCUT2D eigenvalue weighted by Gasteiger charge is -2.10. The molecule has 6 nitrogen and oxygen atoms in total. The number of nitrogens with two attached hydrogens (primary N) is 1. The fraction of sp³-hybridized carbons (Fsp3) is 0.263. The lowest BCUT2D eigenvalue weighted by Crippen LogP contribution is -2.20. The average Bonchev–Trinajstić information content (AvgIpc) is 2.57. The van der Waals surface area contributed by atoms with Crippen molar-refractivity contribution in [2.24, 2.45) is 5.73 Å². The zero-order valence-electron chi connectivity index (χ0n) is 14.4. The Balaban J connectivity index is 1.78. The summed E-state index contributed by atoms with van der Waals surface area (Å²) < 4.78 is 10.8. The van der Waals surface area contributed by atoms with Gasteiger partial charge in [-0.05, 0) is 55.3 Å². The molecular formula is C19H22N2O4. The maximum Gasteiger partial charge on any atom is 0.255 e. The molecule has 0 radical (unpaired) electrons. The molecule has 0 fully saturated rings. The van der Waals surface area contributed by atoms with E-state index in [0.717, 1.165) is 16.9 Å². The number of anilines is 1. The molecular weight excluding hydrogens is 320 g/mol. The molecule has 132 valence electrons. The lowest BCUT2D eigenvalue weighted by atomic mass is 10.1. The van der Waals surface area contributed by atoms with Gasteiger partial charge in [0.15, 0.2) is 6.61 Å². The first-order chi connectivity index (χ1) is 11.9. The molecule has 2 amide bonds. The van der Waals surface area contributed by atoms with Gasteiger partial charge >= 0.3 is 0 Å². The second kappa shape index (κ2) is 8.73. The van der Waals surface area contributed by atoms with E-state index in [1.165, 1.54) is 0 Å². The van der Waals surface area contributed by atoms with Gasteiger partial charge in [0.05, 0.1) is 13.0 Å². The molecule has 0 saturated heterocycles. The number of rotatable bonds is 8. The summed E-state index contributed by atoms with van der Waals surface area (Å²) in [6, 6.07) is 12.7. The van der Waals surface area contributed by atoms with Crippen LogP contribution in [0.5, 0.6) is 11.5 Å². The molecule has 2 rings (SSSR count). The van der Waals surface area contributed by atoms with Crippen LogP contribution in [0.4, 0.5) is 5.69 Å². The number of aryl methyl sites for hydroxylation is 2. The van der Waals surface area contributed by atoms with Gasteiger partial charge in [0, 0.05) is 5.69 Å². The molecule has 0 aliphatic carbocycles. The highest BCUT2D eigenvalue weighted by Gasteiger charge is 2.05. The number of hydrogen-bond donors (Lipinski definition) is 2. The summed E-state index contributed by atoms with van der Waals surface area (Å²) in [4.78, 5) is 22.6. The van der Waals surface area contributed by atoms with E-state index in [0.29, 0.717) is 18.0 Å². The quantitative estimate of drug-likeness (QED) is 0.771. The molecule has 0 unspecified atom stereocenters. The molecule has 2 aromatic rings. The number of benzene rings is 2. The smallest absolute Gasteiger partial charge is 0.255 e. The van der Waals surface area contributed by atoms with Crippen LogP contribution in [0.25, 0.3) is 0 Å². The maximum absolute atomic E-state index is 12.0. The molecule has 0 aliphatic rings. The predicted octanol–water partition coefficient (Wildman–Crippen LogP) is 2.58. The van der Waals surface area contributed by atoms with Crippen molar-refractivity contribution in [3.8, 4) is 11.5 Å². The van der Waals surface area contributed by atoms with E-state index in [4.69, 9.17) is 15.2 Å². The van der Waals surface area contributed by atoms with E-state index in [1.54, 1.807) is 24.3 Å².